The van der Waals surface area contributed by atoms with Crippen molar-refractivity contribution < 1.29 is 4.21 Å². The normalized spacial score (nSPS) is 30.0. The molecule has 4 unspecified atom stereocenters. The third-order valence-corrected chi connectivity index (χ3v) is 5.57. The van der Waals surface area contributed by atoms with Gasteiger partial charge in [-0.05, 0) is 25.8 Å². The smallest absolute Gasteiger partial charge is 0.0535 e. The van der Waals surface area contributed by atoms with Crippen molar-refractivity contribution in [2.24, 2.45) is 0 Å². The summed E-state index contributed by atoms with van der Waals surface area (Å²) in [5.74, 6) is 0.751. The van der Waals surface area contributed by atoms with Crippen molar-refractivity contribution in [2.75, 3.05) is 25.1 Å². The molecule has 1 aliphatic heterocycles. The van der Waals surface area contributed by atoms with Crippen molar-refractivity contribution in [1.29, 1.82) is 0 Å². The van der Waals surface area contributed by atoms with E-state index < -0.39 is 10.8 Å². The fourth-order valence-corrected chi connectivity index (χ4v) is 4.21. The predicted molar refractivity (Wildman–Crippen MR) is 91.0 cm³/mol. The lowest BCUT2D eigenvalue weighted by molar-refractivity contribution is 0.0578. The molecular formula is C17H28N2OS. The maximum Gasteiger partial charge on any atom is 0.0535 e. The van der Waals surface area contributed by atoms with Crippen molar-refractivity contribution in [2.45, 2.75) is 44.8 Å². The summed E-state index contributed by atoms with van der Waals surface area (Å²) in [6.07, 6.45) is 2.93. The second kappa shape index (κ2) is 7.03. The van der Waals surface area contributed by atoms with Gasteiger partial charge in [0, 0.05) is 48.0 Å². The number of nitrogens with one attached hydrogen (secondary N) is 1. The van der Waals surface area contributed by atoms with Crippen LogP contribution in [0.15, 0.2) is 30.3 Å². The number of piperazine rings is 1. The van der Waals surface area contributed by atoms with Crippen LogP contribution >= 0.6 is 0 Å². The summed E-state index contributed by atoms with van der Waals surface area (Å²) in [5.41, 5.74) is 1.30. The van der Waals surface area contributed by atoms with Gasteiger partial charge in [0.25, 0.3) is 0 Å². The molecule has 2 rings (SSSR count). The molecule has 21 heavy (non-hydrogen) atoms. The van der Waals surface area contributed by atoms with E-state index in [1.165, 1.54) is 5.56 Å². The fourth-order valence-electron chi connectivity index (χ4n) is 3.34. The summed E-state index contributed by atoms with van der Waals surface area (Å²) in [6, 6.07) is 11.5. The first-order valence-electron chi connectivity index (χ1n) is 7.82. The number of benzene rings is 1. The third kappa shape index (κ3) is 3.93. The van der Waals surface area contributed by atoms with Crippen LogP contribution in [0.1, 0.15) is 32.8 Å². The average Bonchev–Trinajstić information content (AvgIpc) is 2.47. The van der Waals surface area contributed by atoms with Crippen LogP contribution in [0.25, 0.3) is 0 Å². The topological polar surface area (TPSA) is 32.3 Å². The van der Waals surface area contributed by atoms with Crippen molar-refractivity contribution >= 4 is 10.8 Å². The van der Waals surface area contributed by atoms with Gasteiger partial charge in [0.15, 0.2) is 0 Å². The van der Waals surface area contributed by atoms with Crippen molar-refractivity contribution in [3.8, 4) is 0 Å². The Balaban J connectivity index is 2.20. The fraction of sp³-hybridized carbons (Fsp3) is 0.647. The molecule has 1 aromatic carbocycles. The van der Waals surface area contributed by atoms with Crippen LogP contribution < -0.4 is 5.32 Å². The molecule has 1 fully saturated rings. The van der Waals surface area contributed by atoms with Gasteiger partial charge in [0.1, 0.15) is 0 Å². The molecule has 3 nitrogen and oxygen atoms in total. The minimum absolute atomic E-state index is 0.0313. The van der Waals surface area contributed by atoms with E-state index >= 15 is 0 Å². The quantitative estimate of drug-likeness (QED) is 0.906. The zero-order chi connectivity index (χ0) is 15.5. The standard InChI is InChI=1S/C17H28N2OS/c1-5-16-11-18-17(3,15-9-7-6-8-10-15)13-19(16)14(2)12-21(4)20/h6-10,14,16,18H,5,11-13H2,1-4H3. The number of rotatable bonds is 5. The Kier molecular flexibility index (Phi) is 5.58. The molecule has 0 radical (unpaired) electrons. The van der Waals surface area contributed by atoms with E-state index in [9.17, 15) is 4.21 Å². The Morgan fingerprint density at radius 2 is 2.10 bits per heavy atom. The monoisotopic (exact) mass is 308 g/mol. The van der Waals surface area contributed by atoms with Crippen molar-refractivity contribution in [3.63, 3.8) is 0 Å². The molecule has 1 aromatic rings. The molecule has 0 aromatic heterocycles. The summed E-state index contributed by atoms with van der Waals surface area (Å²) in [7, 11) is -0.746. The zero-order valence-corrected chi connectivity index (χ0v) is 14.5. The van der Waals surface area contributed by atoms with E-state index in [0.29, 0.717) is 12.1 Å². The summed E-state index contributed by atoms with van der Waals surface area (Å²) >= 11 is 0. The largest absolute Gasteiger partial charge is 0.305 e. The van der Waals surface area contributed by atoms with Crippen molar-refractivity contribution in [3.05, 3.63) is 35.9 Å². The molecule has 0 saturated carbocycles. The lowest BCUT2D eigenvalue weighted by atomic mass is 9.87. The summed E-state index contributed by atoms with van der Waals surface area (Å²) in [4.78, 5) is 2.55. The second-order valence-corrected chi connectivity index (χ2v) is 7.88. The Labute approximate surface area is 131 Å². The SMILES string of the molecule is CCC1CNC(C)(c2ccccc2)CN1C(C)CS(C)=O. The molecule has 118 valence electrons. The van der Waals surface area contributed by atoms with E-state index in [0.717, 1.165) is 25.3 Å². The molecule has 0 aliphatic carbocycles. The highest BCUT2D eigenvalue weighted by Crippen LogP contribution is 2.28. The lowest BCUT2D eigenvalue weighted by Crippen LogP contribution is -2.63. The highest BCUT2D eigenvalue weighted by molar-refractivity contribution is 7.84. The van der Waals surface area contributed by atoms with Crippen LogP contribution in [0, 0.1) is 0 Å². The molecule has 4 heteroatoms. The first-order chi connectivity index (χ1) is 9.96. The Morgan fingerprint density at radius 3 is 2.67 bits per heavy atom. The van der Waals surface area contributed by atoms with E-state index in [1.54, 1.807) is 6.26 Å². The molecule has 0 spiro atoms. The van der Waals surface area contributed by atoms with Gasteiger partial charge in [-0.25, -0.2) is 0 Å². The maximum absolute atomic E-state index is 11.6. The third-order valence-electron chi connectivity index (χ3n) is 4.62. The molecule has 0 bridgehead atoms. The second-order valence-electron chi connectivity index (χ2n) is 6.40. The molecular weight excluding hydrogens is 280 g/mol. The van der Waals surface area contributed by atoms with Gasteiger partial charge in [0.05, 0.1) is 5.54 Å². The van der Waals surface area contributed by atoms with Crippen LogP contribution in [0.3, 0.4) is 0 Å². The Hall–Kier alpha value is -0.710. The summed E-state index contributed by atoms with van der Waals surface area (Å²) in [5, 5.41) is 3.73. The van der Waals surface area contributed by atoms with Gasteiger partial charge >= 0.3 is 0 Å². The first-order valence-corrected chi connectivity index (χ1v) is 9.55. The Bertz CT molecular complexity index is 479. The van der Waals surface area contributed by atoms with E-state index in [2.05, 4.69) is 61.3 Å². The van der Waals surface area contributed by atoms with Gasteiger partial charge in [-0.2, -0.15) is 0 Å². The predicted octanol–water partition coefficient (Wildman–Crippen LogP) is 2.35. The minimum atomic E-state index is -0.746. The zero-order valence-electron chi connectivity index (χ0n) is 13.6. The van der Waals surface area contributed by atoms with E-state index in [4.69, 9.17) is 0 Å². The van der Waals surface area contributed by atoms with Gasteiger partial charge < -0.3 is 5.32 Å². The van der Waals surface area contributed by atoms with Crippen LogP contribution in [0.2, 0.25) is 0 Å². The highest BCUT2D eigenvalue weighted by Gasteiger charge is 2.38. The van der Waals surface area contributed by atoms with Gasteiger partial charge in [0.2, 0.25) is 0 Å². The average molecular weight is 308 g/mol. The molecule has 1 aliphatic rings. The van der Waals surface area contributed by atoms with Gasteiger partial charge in [-0.3, -0.25) is 9.11 Å². The number of hydrogen-bond donors (Lipinski definition) is 1. The van der Waals surface area contributed by atoms with Crippen LogP contribution in [0.5, 0.6) is 0 Å². The molecule has 4 atom stereocenters. The number of nitrogens with zero attached hydrogens (tertiary/aromatic N) is 1. The van der Waals surface area contributed by atoms with Gasteiger partial charge in [-0.1, -0.05) is 37.3 Å². The van der Waals surface area contributed by atoms with Crippen molar-refractivity contribution in [1.82, 2.24) is 10.2 Å². The summed E-state index contributed by atoms with van der Waals surface area (Å²) < 4.78 is 11.6. The summed E-state index contributed by atoms with van der Waals surface area (Å²) in [6.45, 7) is 8.67. The Morgan fingerprint density at radius 1 is 1.43 bits per heavy atom. The number of hydrogen-bond acceptors (Lipinski definition) is 3. The maximum atomic E-state index is 11.6. The lowest BCUT2D eigenvalue weighted by Gasteiger charge is -2.48. The van der Waals surface area contributed by atoms with Gasteiger partial charge in [-0.15, -0.1) is 0 Å². The van der Waals surface area contributed by atoms with Crippen LogP contribution in [-0.2, 0) is 16.3 Å². The molecule has 1 saturated heterocycles. The van der Waals surface area contributed by atoms with E-state index in [1.807, 2.05) is 0 Å². The molecule has 0 amide bonds. The molecule has 1 heterocycles. The highest BCUT2D eigenvalue weighted by atomic mass is 32.2. The van der Waals surface area contributed by atoms with E-state index in [-0.39, 0.29) is 5.54 Å². The minimum Gasteiger partial charge on any atom is -0.305 e. The van der Waals surface area contributed by atoms with Crippen LogP contribution in [0.4, 0.5) is 0 Å². The molecule has 1 N–H and O–H groups in total. The first kappa shape index (κ1) is 16.7. The van der Waals surface area contributed by atoms with Crippen LogP contribution in [-0.4, -0.2) is 46.3 Å².